The third kappa shape index (κ3) is 6.38. The molecule has 0 aliphatic carbocycles. The van der Waals surface area contributed by atoms with E-state index >= 15 is 0 Å². The van der Waals surface area contributed by atoms with E-state index in [1.165, 1.54) is 0 Å². The van der Waals surface area contributed by atoms with Gasteiger partial charge in [0.25, 0.3) is 0 Å². The van der Waals surface area contributed by atoms with Gasteiger partial charge in [0.05, 0.1) is 26.5 Å². The van der Waals surface area contributed by atoms with Crippen LogP contribution in [0.4, 0.5) is 4.79 Å². The van der Waals surface area contributed by atoms with E-state index in [1.807, 2.05) is 69.3 Å². The van der Waals surface area contributed by atoms with E-state index in [-0.39, 0.29) is 17.7 Å². The van der Waals surface area contributed by atoms with Crippen molar-refractivity contribution >= 4 is 11.7 Å². The van der Waals surface area contributed by atoms with E-state index in [0.717, 1.165) is 28.3 Å². The van der Waals surface area contributed by atoms with Gasteiger partial charge in [-0.05, 0) is 68.3 Å². The third-order valence-corrected chi connectivity index (χ3v) is 4.86. The normalized spacial score (nSPS) is 15.6. The highest BCUT2D eigenvalue weighted by molar-refractivity contribution is 6.01. The van der Waals surface area contributed by atoms with Crippen LogP contribution in [0.1, 0.15) is 38.3 Å². The summed E-state index contributed by atoms with van der Waals surface area (Å²) in [4.78, 5) is 20.4. The molecule has 2 amide bonds. The summed E-state index contributed by atoms with van der Waals surface area (Å²) in [6, 6.07) is 15.3. The van der Waals surface area contributed by atoms with Crippen molar-refractivity contribution in [2.75, 3.05) is 20.8 Å². The van der Waals surface area contributed by atoms with Crippen LogP contribution in [-0.2, 0) is 11.4 Å². The van der Waals surface area contributed by atoms with Crippen molar-refractivity contribution in [3.05, 3.63) is 59.7 Å². The lowest BCUT2D eigenvalue weighted by Gasteiger charge is -2.29. The predicted octanol–water partition coefficient (Wildman–Crippen LogP) is 4.21. The Balaban J connectivity index is 1.70. The molecule has 0 radical (unpaired) electrons. The van der Waals surface area contributed by atoms with Gasteiger partial charge in [0.15, 0.2) is 6.10 Å². The summed E-state index contributed by atoms with van der Waals surface area (Å²) in [5.74, 6) is 1.55. The smallest absolute Gasteiger partial charge is 0.318 e. The highest BCUT2D eigenvalue weighted by Crippen LogP contribution is 2.21. The molecule has 2 aromatic rings. The van der Waals surface area contributed by atoms with Crippen molar-refractivity contribution in [2.24, 2.45) is 5.16 Å². The zero-order chi connectivity index (χ0) is 22.4. The van der Waals surface area contributed by atoms with Gasteiger partial charge in [0.1, 0.15) is 11.5 Å². The first-order valence-electron chi connectivity index (χ1n) is 10.3. The van der Waals surface area contributed by atoms with Crippen LogP contribution < -0.4 is 14.8 Å². The fourth-order valence-electron chi connectivity index (χ4n) is 3.34. The van der Waals surface area contributed by atoms with Gasteiger partial charge in [-0.25, -0.2) is 4.79 Å². The Labute approximate surface area is 184 Å². The van der Waals surface area contributed by atoms with Crippen molar-refractivity contribution in [3.8, 4) is 11.5 Å². The van der Waals surface area contributed by atoms with E-state index < -0.39 is 0 Å². The number of urea groups is 1. The standard InChI is InChI=1S/C24H31N3O4/c1-24(2,3)25-23(28)27(15-17-7-6-8-20(13-17)30-5)16-21-14-22(26-31-21)18-9-11-19(29-4)12-10-18/h6-13,21H,14-16H2,1-5H3,(H,25,28). The fourth-order valence-corrected chi connectivity index (χ4v) is 3.34. The summed E-state index contributed by atoms with van der Waals surface area (Å²) >= 11 is 0. The number of hydrogen-bond acceptors (Lipinski definition) is 5. The summed E-state index contributed by atoms with van der Waals surface area (Å²) in [5.41, 5.74) is 2.50. The van der Waals surface area contributed by atoms with Crippen LogP contribution in [0.25, 0.3) is 0 Å². The first-order chi connectivity index (χ1) is 14.8. The average Bonchev–Trinajstić information content (AvgIpc) is 3.21. The number of methoxy groups -OCH3 is 2. The topological polar surface area (TPSA) is 72.4 Å². The van der Waals surface area contributed by atoms with Crippen molar-refractivity contribution < 1.29 is 19.1 Å². The van der Waals surface area contributed by atoms with Gasteiger partial charge >= 0.3 is 6.03 Å². The van der Waals surface area contributed by atoms with Crippen LogP contribution in [0, 0.1) is 0 Å². The Bertz CT molecular complexity index is 919. The van der Waals surface area contributed by atoms with Gasteiger partial charge in [-0.3, -0.25) is 0 Å². The number of hydrogen-bond donors (Lipinski definition) is 1. The number of nitrogens with zero attached hydrogens (tertiary/aromatic N) is 2. The van der Waals surface area contributed by atoms with Crippen molar-refractivity contribution in [2.45, 2.75) is 45.4 Å². The third-order valence-electron chi connectivity index (χ3n) is 4.86. The van der Waals surface area contributed by atoms with E-state index in [4.69, 9.17) is 14.3 Å². The molecule has 0 aromatic heterocycles. The molecule has 2 aromatic carbocycles. The Kier molecular flexibility index (Phi) is 7.05. The molecular formula is C24H31N3O4. The lowest BCUT2D eigenvalue weighted by molar-refractivity contribution is 0.0580. The molecule has 1 heterocycles. The zero-order valence-corrected chi connectivity index (χ0v) is 18.8. The molecule has 31 heavy (non-hydrogen) atoms. The lowest BCUT2D eigenvalue weighted by Crippen LogP contribution is -2.50. The Morgan fingerprint density at radius 3 is 2.48 bits per heavy atom. The monoisotopic (exact) mass is 425 g/mol. The molecule has 7 nitrogen and oxygen atoms in total. The predicted molar refractivity (Wildman–Crippen MR) is 121 cm³/mol. The quantitative estimate of drug-likeness (QED) is 0.721. The van der Waals surface area contributed by atoms with E-state index in [9.17, 15) is 4.79 Å². The number of oxime groups is 1. The minimum Gasteiger partial charge on any atom is -0.497 e. The van der Waals surface area contributed by atoms with Crippen LogP contribution in [0.15, 0.2) is 53.7 Å². The molecule has 1 unspecified atom stereocenters. The largest absolute Gasteiger partial charge is 0.497 e. The average molecular weight is 426 g/mol. The molecule has 1 aliphatic rings. The molecule has 1 aliphatic heterocycles. The van der Waals surface area contributed by atoms with Crippen LogP contribution in [0.5, 0.6) is 11.5 Å². The summed E-state index contributed by atoms with van der Waals surface area (Å²) in [7, 11) is 3.27. The van der Waals surface area contributed by atoms with Gasteiger partial charge < -0.3 is 24.5 Å². The number of amides is 2. The number of benzene rings is 2. The van der Waals surface area contributed by atoms with Gasteiger partial charge in [-0.1, -0.05) is 17.3 Å². The molecule has 0 fully saturated rings. The van der Waals surface area contributed by atoms with Crippen molar-refractivity contribution in [1.29, 1.82) is 0 Å². The van der Waals surface area contributed by atoms with Crippen LogP contribution in [-0.4, -0.2) is 49.0 Å². The highest BCUT2D eigenvalue weighted by Gasteiger charge is 2.28. The number of nitrogens with one attached hydrogen (secondary N) is 1. The maximum Gasteiger partial charge on any atom is 0.318 e. The zero-order valence-electron chi connectivity index (χ0n) is 18.8. The SMILES string of the molecule is COc1ccc(C2=NOC(CN(Cc3cccc(OC)c3)C(=O)NC(C)(C)C)C2)cc1. The summed E-state index contributed by atoms with van der Waals surface area (Å²) < 4.78 is 10.5. The van der Waals surface area contributed by atoms with E-state index in [2.05, 4.69) is 10.5 Å². The minimum absolute atomic E-state index is 0.142. The molecule has 0 saturated heterocycles. The van der Waals surface area contributed by atoms with Gasteiger partial charge in [0.2, 0.25) is 0 Å². The molecule has 1 N–H and O–H groups in total. The second-order valence-corrected chi connectivity index (χ2v) is 8.61. The summed E-state index contributed by atoms with van der Waals surface area (Å²) in [6.07, 6.45) is 0.414. The summed E-state index contributed by atoms with van der Waals surface area (Å²) in [6.45, 7) is 6.75. The highest BCUT2D eigenvalue weighted by atomic mass is 16.6. The molecule has 166 valence electrons. The van der Waals surface area contributed by atoms with Crippen molar-refractivity contribution in [3.63, 3.8) is 0 Å². The van der Waals surface area contributed by atoms with E-state index in [0.29, 0.717) is 19.5 Å². The maximum atomic E-state index is 13.0. The fraction of sp³-hybridized carbons (Fsp3) is 0.417. The molecule has 0 saturated carbocycles. The number of carbonyl (C=O) groups excluding carboxylic acids is 1. The minimum atomic E-state index is -0.342. The lowest BCUT2D eigenvalue weighted by atomic mass is 10.0. The van der Waals surface area contributed by atoms with Crippen LogP contribution in [0.2, 0.25) is 0 Å². The summed E-state index contributed by atoms with van der Waals surface area (Å²) in [5, 5.41) is 7.31. The molecule has 0 bridgehead atoms. The second-order valence-electron chi connectivity index (χ2n) is 8.61. The molecule has 7 heteroatoms. The molecule has 3 rings (SSSR count). The Morgan fingerprint density at radius 1 is 1.13 bits per heavy atom. The van der Waals surface area contributed by atoms with Crippen LogP contribution >= 0.6 is 0 Å². The maximum absolute atomic E-state index is 13.0. The number of carbonyl (C=O) groups is 1. The van der Waals surface area contributed by atoms with Crippen LogP contribution in [0.3, 0.4) is 0 Å². The number of ether oxygens (including phenoxy) is 2. The molecule has 0 spiro atoms. The second kappa shape index (κ2) is 9.73. The van der Waals surface area contributed by atoms with Gasteiger partial charge in [-0.15, -0.1) is 0 Å². The molecule has 1 atom stereocenters. The van der Waals surface area contributed by atoms with Crippen molar-refractivity contribution in [1.82, 2.24) is 10.2 Å². The first-order valence-corrected chi connectivity index (χ1v) is 10.3. The number of rotatable bonds is 7. The Hall–Kier alpha value is -3.22. The first kappa shape index (κ1) is 22.5. The van der Waals surface area contributed by atoms with Gasteiger partial charge in [-0.2, -0.15) is 0 Å². The van der Waals surface area contributed by atoms with E-state index in [1.54, 1.807) is 19.1 Å². The van der Waals surface area contributed by atoms with Gasteiger partial charge in [0, 0.05) is 18.5 Å². The molecular weight excluding hydrogens is 394 g/mol. The Morgan fingerprint density at radius 2 is 1.84 bits per heavy atom.